The number of Topliss-reactive ketones (excluding diaryl/α,β-unsaturated/α-hetero) is 4. The van der Waals surface area contributed by atoms with Crippen molar-refractivity contribution < 1.29 is 86.8 Å². The molecule has 0 radical (unpaired) electrons. The van der Waals surface area contributed by atoms with Crippen LogP contribution in [-0.2, 0) is 98.9 Å². The molecule has 10 N–H and O–H groups in total. The second-order valence-electron chi connectivity index (χ2n) is 21.2. The Morgan fingerprint density at radius 1 is 0.443 bits per heavy atom. The first-order valence-corrected chi connectivity index (χ1v) is 31.7. The van der Waals surface area contributed by atoms with Gasteiger partial charge in [0.1, 0.15) is 24.5 Å². The van der Waals surface area contributed by atoms with E-state index in [9.17, 15) is 38.4 Å². The summed E-state index contributed by atoms with van der Waals surface area (Å²) in [4.78, 5) is 89.6. The fourth-order valence-electron chi connectivity index (χ4n) is 7.47. The Kier molecular flexibility index (Phi) is 64.9. The Labute approximate surface area is 581 Å². The lowest BCUT2D eigenvalue weighted by atomic mass is 10.0. The van der Waals surface area contributed by atoms with Crippen LogP contribution in [-0.4, -0.2) is 183 Å². The van der Waals surface area contributed by atoms with Crippen LogP contribution in [0, 0.1) is 17.8 Å². The summed E-state index contributed by atoms with van der Waals surface area (Å²) in [6, 6.07) is 47.8. The van der Waals surface area contributed by atoms with E-state index in [0.717, 1.165) is 29.5 Å². The highest BCUT2D eigenvalue weighted by Gasteiger charge is 2.22. The normalized spacial score (nSPS) is 11.7. The number of ketones is 4. The third-order valence-corrected chi connectivity index (χ3v) is 13.0. The van der Waals surface area contributed by atoms with Gasteiger partial charge < -0.3 is 70.6 Å². The van der Waals surface area contributed by atoms with Gasteiger partial charge in [-0.1, -0.05) is 179 Å². The lowest BCUT2D eigenvalue weighted by Crippen LogP contribution is -2.44. The molecule has 0 bridgehead atoms. The number of carbonyl (C=O) groups excluding carboxylic acids is 6. The number of hydrogen-bond acceptors (Lipinski definition) is 20. The molecule has 0 saturated carbocycles. The zero-order valence-electron chi connectivity index (χ0n) is 58.0. The quantitative estimate of drug-likeness (QED) is 0.0136. The summed E-state index contributed by atoms with van der Waals surface area (Å²) >= 11 is 3.54. The number of aliphatic hydroxyl groups excluding tert-OH is 1. The molecule has 0 aliphatic carbocycles. The van der Waals surface area contributed by atoms with Crippen molar-refractivity contribution in [3.05, 3.63) is 179 Å². The van der Waals surface area contributed by atoms with Crippen LogP contribution in [0.3, 0.4) is 0 Å². The number of aryl methyl sites for hydroxylation is 4. The molecule has 2 amide bonds. The first-order chi connectivity index (χ1) is 46.0. The molecule has 24 heteroatoms. The summed E-state index contributed by atoms with van der Waals surface area (Å²) in [7, 11) is 10.9. The predicted octanol–water partition coefficient (Wildman–Crippen LogP) is 8.43. The maximum atomic E-state index is 12.2. The van der Waals surface area contributed by atoms with Crippen molar-refractivity contribution >= 4 is 59.9 Å². The molecular formula is C73H113N5O18S. The SMILES string of the molecule is C.CNS.COCCOC(=O)N[C@H](COC)C(=O)CCc1ccccc1.COC[C@@H](C)C(=O)CCc1ccccc1.COC[C@@H](C)C(=O)O.COC[C@@H](N)C(=O)CCc1ccccc1.COC[C@@H](NC(C)=O)C(=O)CCc1ccccc1.C[C@H](CO)C(=O)O.NCc1ccccc1. The highest BCUT2D eigenvalue weighted by molar-refractivity contribution is 7.78. The predicted molar refractivity (Wildman–Crippen MR) is 383 cm³/mol. The molecule has 97 heavy (non-hydrogen) atoms. The summed E-state index contributed by atoms with van der Waals surface area (Å²) in [6.45, 7) is 8.61. The minimum Gasteiger partial charge on any atom is -0.481 e. The number of ether oxygens (including phenoxy) is 7. The number of alkyl carbamates (subject to hydrolysis) is 1. The van der Waals surface area contributed by atoms with Gasteiger partial charge >= 0.3 is 18.0 Å². The molecule has 544 valence electrons. The number of carbonyl (C=O) groups is 8. The van der Waals surface area contributed by atoms with Gasteiger partial charge in [0.2, 0.25) is 5.91 Å². The van der Waals surface area contributed by atoms with Gasteiger partial charge in [-0.05, 0) is 74.4 Å². The average Bonchev–Trinajstić information content (AvgIpc) is 3.41. The van der Waals surface area contributed by atoms with Crippen LogP contribution in [0.15, 0.2) is 152 Å². The number of benzene rings is 5. The van der Waals surface area contributed by atoms with Crippen molar-refractivity contribution in [3.8, 4) is 0 Å². The summed E-state index contributed by atoms with van der Waals surface area (Å²) < 4.78 is 36.4. The fraction of sp³-hybridized carbons (Fsp3) is 0.479. The number of hydrogen-bond donors (Lipinski definition) is 9. The number of thiol groups is 1. The minimum absolute atomic E-state index is 0. The number of methoxy groups -OCH3 is 6. The number of nitrogens with two attached hydrogens (primary N) is 2. The third kappa shape index (κ3) is 56.2. The fourth-order valence-corrected chi connectivity index (χ4v) is 7.47. The van der Waals surface area contributed by atoms with Crippen LogP contribution in [0.1, 0.15) is 88.6 Å². The van der Waals surface area contributed by atoms with E-state index < -0.39 is 42.1 Å². The molecular weight excluding hydrogens is 1270 g/mol. The van der Waals surface area contributed by atoms with Gasteiger partial charge in [-0.3, -0.25) is 38.3 Å². The molecule has 6 atom stereocenters. The van der Waals surface area contributed by atoms with Crippen molar-refractivity contribution in [1.29, 1.82) is 0 Å². The van der Waals surface area contributed by atoms with E-state index in [-0.39, 0.29) is 81.3 Å². The van der Waals surface area contributed by atoms with Crippen LogP contribution in [0.5, 0.6) is 0 Å². The van der Waals surface area contributed by atoms with E-state index in [4.69, 9.17) is 55.2 Å². The third-order valence-electron chi connectivity index (χ3n) is 13.0. The number of aliphatic carboxylic acids is 2. The zero-order valence-corrected chi connectivity index (χ0v) is 58.9. The van der Waals surface area contributed by atoms with E-state index >= 15 is 0 Å². The van der Waals surface area contributed by atoms with E-state index in [1.807, 2.05) is 159 Å². The molecule has 0 aliphatic rings. The first-order valence-electron chi connectivity index (χ1n) is 31.3. The number of nitrogens with one attached hydrogen (secondary N) is 3. The largest absolute Gasteiger partial charge is 0.481 e. The van der Waals surface area contributed by atoms with Crippen molar-refractivity contribution in [2.24, 2.45) is 29.2 Å². The van der Waals surface area contributed by atoms with E-state index in [0.29, 0.717) is 64.9 Å². The second-order valence-corrected chi connectivity index (χ2v) is 21.7. The van der Waals surface area contributed by atoms with Crippen LogP contribution in [0.25, 0.3) is 0 Å². The lowest BCUT2D eigenvalue weighted by Gasteiger charge is -2.16. The summed E-state index contributed by atoms with van der Waals surface area (Å²) in [5.74, 6) is -2.75. The Morgan fingerprint density at radius 2 is 0.753 bits per heavy atom. The number of amides is 2. The van der Waals surface area contributed by atoms with Crippen LogP contribution in [0.4, 0.5) is 4.79 Å². The topological polar surface area (TPSA) is 350 Å². The molecule has 0 aromatic heterocycles. The molecule has 0 aliphatic heterocycles. The standard InChI is InChI=1S/C16H23NO5.C14H19NO3.C13H18O2.C12H17NO2.C7H9N.C5H10O3.C4H8O3.CH5NS.CH4/c1-20-10-11-22-16(19)17-14(12-21-2)15(18)9-8-13-6-4-3-5-7-13;1-11(16)15-13(10-18-2)14(17)9-8-12-6-4-3-5-7-12;1-11(10-15-2)13(14)9-8-12-6-4-3-5-7-12;1-15-9-11(13)12(14)8-7-10-5-3-2-4-6-10;8-6-7-4-2-1-3-5-7;1-4(3-8-2)5(6)7;1-3(2-5)4(6)7;1-2-3;/h3-7,14H,8-12H2,1-2H3,(H,17,19);3-7,13H,8-10H2,1-2H3,(H,15,16);3-7,11H,8-10H2,1-2H3;2-6,11H,7-9,13H2,1H3;1-5H,6,8H2;4H,3H2,1-2H3,(H,6,7);3,5H,2H2,1H3,(H,6,7);2-3H,1H3;1H4/t14-;13-;2*11-;;4-;3-;;/m1111.11../s1. The van der Waals surface area contributed by atoms with Crippen molar-refractivity contribution in [2.45, 2.75) is 111 Å². The molecule has 0 saturated heterocycles. The highest BCUT2D eigenvalue weighted by atomic mass is 32.1. The van der Waals surface area contributed by atoms with Gasteiger partial charge in [0, 0.05) is 87.7 Å². The van der Waals surface area contributed by atoms with Crippen molar-refractivity contribution in [2.75, 3.05) is 103 Å². The number of carboxylic acids is 2. The van der Waals surface area contributed by atoms with Gasteiger partial charge in [0.25, 0.3) is 0 Å². The Morgan fingerprint density at radius 3 is 1.02 bits per heavy atom. The van der Waals surface area contributed by atoms with Crippen molar-refractivity contribution in [1.82, 2.24) is 15.4 Å². The minimum atomic E-state index is -0.956. The van der Waals surface area contributed by atoms with Crippen LogP contribution in [0.2, 0.25) is 0 Å². The van der Waals surface area contributed by atoms with Gasteiger partial charge in [-0.25, -0.2) is 4.79 Å². The number of carboxylic acid groups (broad SMARTS) is 2. The molecule has 0 fully saturated rings. The molecule has 5 aromatic rings. The van der Waals surface area contributed by atoms with E-state index in [1.165, 1.54) is 53.4 Å². The molecule has 0 heterocycles. The Balaban J connectivity index is -0.000000532. The van der Waals surface area contributed by atoms with Gasteiger partial charge in [-0.15, -0.1) is 0 Å². The van der Waals surface area contributed by atoms with Crippen LogP contribution < -0.4 is 26.8 Å². The smallest absolute Gasteiger partial charge is 0.407 e. The Hall–Kier alpha value is -7.59. The van der Waals surface area contributed by atoms with Gasteiger partial charge in [0.15, 0.2) is 17.3 Å². The monoisotopic (exact) mass is 1380 g/mol. The van der Waals surface area contributed by atoms with Crippen LogP contribution >= 0.6 is 12.8 Å². The number of aliphatic hydroxyl groups is 1. The summed E-state index contributed by atoms with van der Waals surface area (Å²) in [5, 5.41) is 29.5. The molecule has 5 rings (SSSR count). The van der Waals surface area contributed by atoms with Gasteiger partial charge in [-0.2, -0.15) is 0 Å². The lowest BCUT2D eigenvalue weighted by molar-refractivity contribution is -0.143. The van der Waals surface area contributed by atoms with E-state index in [1.54, 1.807) is 28.2 Å². The Bertz CT molecular complexity index is 2680. The highest BCUT2D eigenvalue weighted by Crippen LogP contribution is 2.10. The second kappa shape index (κ2) is 65.7. The van der Waals surface area contributed by atoms with Gasteiger partial charge in [0.05, 0.1) is 64.1 Å². The number of rotatable bonds is 35. The van der Waals surface area contributed by atoms with E-state index in [2.05, 4.69) is 32.9 Å². The molecule has 5 aromatic carbocycles. The first kappa shape index (κ1) is 95.8. The molecule has 23 nitrogen and oxygen atoms in total. The molecule has 0 unspecified atom stereocenters. The average molecular weight is 1380 g/mol. The maximum absolute atomic E-state index is 12.2. The summed E-state index contributed by atoms with van der Waals surface area (Å²) in [6.07, 6.45) is 4.05. The molecule has 0 spiro atoms. The summed E-state index contributed by atoms with van der Waals surface area (Å²) in [5.41, 5.74) is 16.7. The zero-order chi connectivity index (χ0) is 72.7. The van der Waals surface area contributed by atoms with Crippen molar-refractivity contribution in [3.63, 3.8) is 0 Å². The maximum Gasteiger partial charge on any atom is 0.407 e.